The predicted molar refractivity (Wildman–Crippen MR) is 73.9 cm³/mol. The first-order chi connectivity index (χ1) is 8.93. The Morgan fingerprint density at radius 2 is 1.95 bits per heavy atom. The molecule has 0 aromatic rings. The molecule has 0 aliphatic carbocycles. The summed E-state index contributed by atoms with van der Waals surface area (Å²) in [5, 5.41) is 8.93. The van der Waals surface area contributed by atoms with Gasteiger partial charge in [-0.05, 0) is 39.8 Å². The molecule has 1 heterocycles. The molecule has 0 saturated carbocycles. The number of hydrogen-bond donors (Lipinski definition) is 1. The quantitative estimate of drug-likeness (QED) is 0.736. The fourth-order valence-corrected chi connectivity index (χ4v) is 2.33. The zero-order chi connectivity index (χ0) is 14.4. The molecule has 1 rings (SSSR count). The number of carbonyl (C=O) groups is 2. The van der Waals surface area contributed by atoms with Crippen molar-refractivity contribution in [2.24, 2.45) is 5.92 Å². The maximum atomic E-state index is 12.1. The summed E-state index contributed by atoms with van der Waals surface area (Å²) in [6.45, 7) is 10.7. The van der Waals surface area contributed by atoms with Crippen LogP contribution in [-0.2, 0) is 9.59 Å². The number of hydrogen-bond acceptors (Lipinski definition) is 3. The van der Waals surface area contributed by atoms with E-state index in [0.29, 0.717) is 45.6 Å². The minimum atomic E-state index is -0.719. The highest BCUT2D eigenvalue weighted by Gasteiger charge is 2.26. The monoisotopic (exact) mass is 268 g/mol. The number of likely N-dealkylation sites (N-methyl/N-ethyl adjacent to an activating group) is 1. The number of nitrogens with zero attached hydrogens (tertiary/aromatic N) is 2. The second kappa shape index (κ2) is 7.28. The minimum absolute atomic E-state index is 0.0966. The maximum absolute atomic E-state index is 12.1. The number of rotatable bonds is 6. The molecule has 0 spiro atoms. The zero-order valence-corrected chi connectivity index (χ0v) is 11.9. The Hall–Kier alpha value is -1.36. The van der Waals surface area contributed by atoms with Gasteiger partial charge in [-0.15, -0.1) is 0 Å². The van der Waals surface area contributed by atoms with Crippen LogP contribution in [0.4, 0.5) is 0 Å². The molecule has 1 fully saturated rings. The Balaban J connectivity index is 2.41. The number of aliphatic carboxylic acids is 1. The van der Waals surface area contributed by atoms with Gasteiger partial charge >= 0.3 is 5.97 Å². The molecule has 0 atom stereocenters. The average molecular weight is 268 g/mol. The van der Waals surface area contributed by atoms with Crippen LogP contribution in [0.15, 0.2) is 12.2 Å². The molecular weight excluding hydrogens is 244 g/mol. The van der Waals surface area contributed by atoms with Gasteiger partial charge in [0.2, 0.25) is 5.91 Å². The highest BCUT2D eigenvalue weighted by Crippen LogP contribution is 2.17. The van der Waals surface area contributed by atoms with E-state index in [1.54, 1.807) is 4.90 Å². The van der Waals surface area contributed by atoms with E-state index < -0.39 is 5.97 Å². The lowest BCUT2D eigenvalue weighted by atomic mass is 9.97. The van der Waals surface area contributed by atoms with E-state index in [1.165, 1.54) is 0 Å². The van der Waals surface area contributed by atoms with Crippen LogP contribution in [-0.4, -0.2) is 59.5 Å². The van der Waals surface area contributed by atoms with Crippen molar-refractivity contribution in [2.75, 3.05) is 32.7 Å². The summed E-state index contributed by atoms with van der Waals surface area (Å²) >= 11 is 0. The van der Waals surface area contributed by atoms with Gasteiger partial charge in [0.05, 0.1) is 12.5 Å². The van der Waals surface area contributed by atoms with E-state index in [1.807, 2.05) is 18.7 Å². The molecule has 1 amide bonds. The topological polar surface area (TPSA) is 60.9 Å². The average Bonchev–Trinajstić information content (AvgIpc) is 2.36. The Labute approximate surface area is 114 Å². The molecule has 5 nitrogen and oxygen atoms in total. The van der Waals surface area contributed by atoms with Crippen LogP contribution in [0.5, 0.6) is 0 Å². The summed E-state index contributed by atoms with van der Waals surface area (Å²) < 4.78 is 0. The number of carboxylic acids is 1. The highest BCUT2D eigenvalue weighted by atomic mass is 16.4. The summed E-state index contributed by atoms with van der Waals surface area (Å²) in [5.74, 6) is -0.869. The van der Waals surface area contributed by atoms with Gasteiger partial charge in [-0.25, -0.2) is 0 Å². The van der Waals surface area contributed by atoms with Gasteiger partial charge in [-0.3, -0.25) is 14.5 Å². The molecule has 0 unspecified atom stereocenters. The maximum Gasteiger partial charge on any atom is 0.306 e. The van der Waals surface area contributed by atoms with Crippen LogP contribution in [0, 0.1) is 5.92 Å². The molecule has 0 aromatic carbocycles. The Morgan fingerprint density at radius 3 is 2.37 bits per heavy atom. The van der Waals surface area contributed by atoms with Crippen molar-refractivity contribution in [3.63, 3.8) is 0 Å². The summed E-state index contributed by atoms with van der Waals surface area (Å²) in [4.78, 5) is 26.8. The largest absolute Gasteiger partial charge is 0.481 e. The molecular formula is C14H24N2O3. The van der Waals surface area contributed by atoms with Gasteiger partial charge in [0.25, 0.3) is 0 Å². The smallest absolute Gasteiger partial charge is 0.306 e. The predicted octanol–water partition coefficient (Wildman–Crippen LogP) is 1.21. The molecule has 5 heteroatoms. The van der Waals surface area contributed by atoms with Gasteiger partial charge in [0, 0.05) is 13.1 Å². The fourth-order valence-electron chi connectivity index (χ4n) is 2.33. The summed E-state index contributed by atoms with van der Waals surface area (Å²) in [5.41, 5.74) is 0.972. The van der Waals surface area contributed by atoms with Crippen LogP contribution >= 0.6 is 0 Å². The molecule has 1 saturated heterocycles. The molecule has 0 radical (unpaired) electrons. The Morgan fingerprint density at radius 1 is 1.37 bits per heavy atom. The molecule has 1 N–H and O–H groups in total. The lowest BCUT2D eigenvalue weighted by molar-refractivity contribution is -0.143. The number of carboxylic acid groups (broad SMARTS) is 1. The first-order valence-corrected chi connectivity index (χ1v) is 6.81. The van der Waals surface area contributed by atoms with Crippen molar-refractivity contribution in [1.29, 1.82) is 0 Å². The third-order valence-electron chi connectivity index (χ3n) is 3.49. The Bertz CT molecular complexity index is 347. The first kappa shape index (κ1) is 15.7. The third-order valence-corrected chi connectivity index (χ3v) is 3.49. The SMILES string of the molecule is C=C(C)CN(CC)C(=O)CN1CCC(C(=O)O)CC1. The lowest BCUT2D eigenvalue weighted by Gasteiger charge is -2.31. The van der Waals surface area contributed by atoms with Crippen LogP contribution in [0.3, 0.4) is 0 Å². The summed E-state index contributed by atoms with van der Waals surface area (Å²) in [7, 11) is 0. The van der Waals surface area contributed by atoms with Crippen LogP contribution in [0.1, 0.15) is 26.7 Å². The van der Waals surface area contributed by atoms with Gasteiger partial charge in [-0.2, -0.15) is 0 Å². The van der Waals surface area contributed by atoms with E-state index in [-0.39, 0.29) is 11.8 Å². The Kier molecular flexibility index (Phi) is 6.02. The van der Waals surface area contributed by atoms with Gasteiger partial charge in [0.1, 0.15) is 0 Å². The summed E-state index contributed by atoms with van der Waals surface area (Å²) in [6.07, 6.45) is 1.27. The van der Waals surface area contributed by atoms with Gasteiger partial charge in [0.15, 0.2) is 0 Å². The van der Waals surface area contributed by atoms with Gasteiger partial charge in [-0.1, -0.05) is 12.2 Å². The molecule has 0 bridgehead atoms. The van der Waals surface area contributed by atoms with Crippen molar-refractivity contribution in [1.82, 2.24) is 9.80 Å². The molecule has 1 aliphatic heterocycles. The number of amides is 1. The van der Waals surface area contributed by atoms with Crippen LogP contribution < -0.4 is 0 Å². The third kappa shape index (κ3) is 5.03. The van der Waals surface area contributed by atoms with E-state index >= 15 is 0 Å². The first-order valence-electron chi connectivity index (χ1n) is 6.81. The van der Waals surface area contributed by atoms with Crippen LogP contribution in [0.2, 0.25) is 0 Å². The molecule has 0 aromatic heterocycles. The number of likely N-dealkylation sites (tertiary alicyclic amines) is 1. The van der Waals surface area contributed by atoms with Crippen molar-refractivity contribution in [3.05, 3.63) is 12.2 Å². The minimum Gasteiger partial charge on any atom is -0.481 e. The molecule has 1 aliphatic rings. The lowest BCUT2D eigenvalue weighted by Crippen LogP contribution is -2.44. The second-order valence-electron chi connectivity index (χ2n) is 5.25. The number of carbonyl (C=O) groups excluding carboxylic acids is 1. The van der Waals surface area contributed by atoms with E-state index in [4.69, 9.17) is 5.11 Å². The fraction of sp³-hybridized carbons (Fsp3) is 0.714. The van der Waals surface area contributed by atoms with E-state index in [9.17, 15) is 9.59 Å². The normalized spacial score (nSPS) is 17.2. The van der Waals surface area contributed by atoms with Crippen molar-refractivity contribution in [3.8, 4) is 0 Å². The van der Waals surface area contributed by atoms with Crippen LogP contribution in [0.25, 0.3) is 0 Å². The number of piperidine rings is 1. The molecule has 19 heavy (non-hydrogen) atoms. The second-order valence-corrected chi connectivity index (χ2v) is 5.25. The van der Waals surface area contributed by atoms with E-state index in [0.717, 1.165) is 5.57 Å². The zero-order valence-electron chi connectivity index (χ0n) is 11.9. The van der Waals surface area contributed by atoms with Crippen molar-refractivity contribution >= 4 is 11.9 Å². The van der Waals surface area contributed by atoms with Gasteiger partial charge < -0.3 is 10.0 Å². The highest BCUT2D eigenvalue weighted by molar-refractivity contribution is 5.78. The standard InChI is InChI=1S/C14H24N2O3/c1-4-16(9-11(2)3)13(17)10-15-7-5-12(6-8-15)14(18)19/h12H,2,4-10H2,1,3H3,(H,18,19). The summed E-state index contributed by atoms with van der Waals surface area (Å²) in [6, 6.07) is 0. The molecule has 108 valence electrons. The van der Waals surface area contributed by atoms with Crippen molar-refractivity contribution < 1.29 is 14.7 Å². The van der Waals surface area contributed by atoms with E-state index in [2.05, 4.69) is 6.58 Å². The van der Waals surface area contributed by atoms with Crippen molar-refractivity contribution in [2.45, 2.75) is 26.7 Å².